The van der Waals surface area contributed by atoms with Gasteiger partial charge in [-0.15, -0.1) is 0 Å². The lowest BCUT2D eigenvalue weighted by Crippen LogP contribution is -2.45. The first-order valence-corrected chi connectivity index (χ1v) is 9.78. The average Bonchev–Trinajstić information content (AvgIpc) is 2.68. The quantitative estimate of drug-likeness (QED) is 0.891. The highest BCUT2D eigenvalue weighted by Crippen LogP contribution is 2.35. The van der Waals surface area contributed by atoms with Crippen molar-refractivity contribution in [2.75, 3.05) is 37.7 Å². The minimum atomic E-state index is -0.0262. The predicted octanol–water partition coefficient (Wildman–Crippen LogP) is 3.09. The van der Waals surface area contributed by atoms with Gasteiger partial charge >= 0.3 is 0 Å². The molecule has 3 rings (SSSR count). The van der Waals surface area contributed by atoms with Crippen molar-refractivity contribution in [3.63, 3.8) is 0 Å². The standard InChI is InChI=1S/C20H31N3O2/c1-2-8-20(16-24)9-6-13-23(15-20)18-14-17(7-10-21-18)19(25)22-11-4-3-5-12-22/h7,10,14,24H,2-6,8-9,11-13,15-16H2,1H3. The zero-order valence-electron chi connectivity index (χ0n) is 15.4. The Kier molecular flexibility index (Phi) is 5.94. The van der Waals surface area contributed by atoms with Crippen LogP contribution < -0.4 is 4.90 Å². The SMILES string of the molecule is CCCC1(CO)CCCN(c2cc(C(=O)N3CCCCC3)ccn2)C1. The molecule has 0 aromatic carbocycles. The van der Waals surface area contributed by atoms with E-state index in [0.717, 1.165) is 76.1 Å². The van der Waals surface area contributed by atoms with Gasteiger partial charge in [0.1, 0.15) is 5.82 Å². The monoisotopic (exact) mass is 345 g/mol. The Bertz CT molecular complexity index is 582. The van der Waals surface area contributed by atoms with Gasteiger partial charge in [-0.1, -0.05) is 13.3 Å². The molecule has 1 unspecified atom stereocenters. The number of amides is 1. The molecule has 1 atom stereocenters. The predicted molar refractivity (Wildman–Crippen MR) is 99.9 cm³/mol. The third kappa shape index (κ3) is 4.14. The highest BCUT2D eigenvalue weighted by Gasteiger charge is 2.34. The summed E-state index contributed by atoms with van der Waals surface area (Å²) in [5, 5.41) is 9.94. The van der Waals surface area contributed by atoms with Crippen molar-refractivity contribution in [3.05, 3.63) is 23.9 Å². The number of aliphatic hydroxyl groups excluding tert-OH is 1. The molecule has 2 aliphatic rings. The van der Waals surface area contributed by atoms with E-state index in [1.165, 1.54) is 6.42 Å². The lowest BCUT2D eigenvalue weighted by Gasteiger charge is -2.42. The third-order valence-electron chi connectivity index (χ3n) is 5.74. The number of piperidine rings is 2. The van der Waals surface area contributed by atoms with Crippen molar-refractivity contribution >= 4 is 11.7 Å². The fraction of sp³-hybridized carbons (Fsp3) is 0.700. The molecular formula is C20H31N3O2. The highest BCUT2D eigenvalue weighted by atomic mass is 16.3. The maximum atomic E-state index is 12.8. The Labute approximate surface area is 151 Å². The minimum Gasteiger partial charge on any atom is -0.396 e. The highest BCUT2D eigenvalue weighted by molar-refractivity contribution is 5.94. The molecule has 0 bridgehead atoms. The molecule has 3 heterocycles. The fourth-order valence-corrected chi connectivity index (χ4v) is 4.35. The number of aliphatic hydroxyl groups is 1. The van der Waals surface area contributed by atoms with Gasteiger partial charge in [0.05, 0.1) is 6.61 Å². The molecule has 1 N–H and O–H groups in total. The van der Waals surface area contributed by atoms with Gasteiger partial charge < -0.3 is 14.9 Å². The number of anilines is 1. The summed E-state index contributed by atoms with van der Waals surface area (Å²) in [7, 11) is 0. The van der Waals surface area contributed by atoms with Crippen LogP contribution in [0.3, 0.4) is 0 Å². The first-order valence-electron chi connectivity index (χ1n) is 9.78. The molecule has 5 nitrogen and oxygen atoms in total. The first-order chi connectivity index (χ1) is 12.2. The maximum absolute atomic E-state index is 12.8. The van der Waals surface area contributed by atoms with Crippen LogP contribution in [0.25, 0.3) is 0 Å². The Hall–Kier alpha value is -1.62. The summed E-state index contributed by atoms with van der Waals surface area (Å²) >= 11 is 0. The summed E-state index contributed by atoms with van der Waals surface area (Å²) in [6, 6.07) is 3.77. The van der Waals surface area contributed by atoms with Crippen LogP contribution >= 0.6 is 0 Å². The Morgan fingerprint density at radius 2 is 2.04 bits per heavy atom. The molecule has 0 saturated carbocycles. The molecule has 0 aliphatic carbocycles. The minimum absolute atomic E-state index is 0.0262. The van der Waals surface area contributed by atoms with Gasteiger partial charge in [0, 0.05) is 43.4 Å². The summed E-state index contributed by atoms with van der Waals surface area (Å²) in [5.41, 5.74) is 0.712. The molecular weight excluding hydrogens is 314 g/mol. The Morgan fingerprint density at radius 1 is 1.24 bits per heavy atom. The van der Waals surface area contributed by atoms with Gasteiger partial charge in [-0.25, -0.2) is 4.98 Å². The van der Waals surface area contributed by atoms with Crippen molar-refractivity contribution in [1.29, 1.82) is 0 Å². The molecule has 2 saturated heterocycles. The second kappa shape index (κ2) is 8.17. The van der Waals surface area contributed by atoms with Gasteiger partial charge in [0.25, 0.3) is 5.91 Å². The van der Waals surface area contributed by atoms with Gasteiger partial charge in [-0.3, -0.25) is 4.79 Å². The van der Waals surface area contributed by atoms with E-state index in [2.05, 4.69) is 16.8 Å². The van der Waals surface area contributed by atoms with E-state index < -0.39 is 0 Å². The number of pyridine rings is 1. The molecule has 2 aliphatic heterocycles. The molecule has 1 aromatic heterocycles. The number of carbonyl (C=O) groups excluding carboxylic acids is 1. The summed E-state index contributed by atoms with van der Waals surface area (Å²) in [5.74, 6) is 0.999. The zero-order valence-corrected chi connectivity index (χ0v) is 15.4. The van der Waals surface area contributed by atoms with E-state index in [1.54, 1.807) is 6.20 Å². The molecule has 1 aromatic rings. The summed E-state index contributed by atoms with van der Waals surface area (Å²) in [6.07, 6.45) is 9.42. The van der Waals surface area contributed by atoms with E-state index in [4.69, 9.17) is 0 Å². The number of rotatable bonds is 5. The lowest BCUT2D eigenvalue weighted by atomic mass is 9.77. The average molecular weight is 345 g/mol. The summed E-state index contributed by atoms with van der Waals surface area (Å²) in [6.45, 7) is 5.90. The summed E-state index contributed by atoms with van der Waals surface area (Å²) in [4.78, 5) is 21.5. The van der Waals surface area contributed by atoms with Crippen LogP contribution in [0.4, 0.5) is 5.82 Å². The molecule has 0 spiro atoms. The van der Waals surface area contributed by atoms with Gasteiger partial charge in [0.2, 0.25) is 0 Å². The Balaban J connectivity index is 1.75. The molecule has 0 radical (unpaired) electrons. The van der Waals surface area contributed by atoms with Crippen molar-refractivity contribution in [2.45, 2.75) is 51.9 Å². The molecule has 138 valence electrons. The van der Waals surface area contributed by atoms with Crippen LogP contribution in [0.1, 0.15) is 62.2 Å². The van der Waals surface area contributed by atoms with Crippen LogP contribution in [0.5, 0.6) is 0 Å². The largest absolute Gasteiger partial charge is 0.396 e. The van der Waals surface area contributed by atoms with Crippen LogP contribution in [0, 0.1) is 5.41 Å². The van der Waals surface area contributed by atoms with E-state index in [1.807, 2.05) is 17.0 Å². The summed E-state index contributed by atoms with van der Waals surface area (Å²) < 4.78 is 0. The van der Waals surface area contributed by atoms with E-state index >= 15 is 0 Å². The van der Waals surface area contributed by atoms with Crippen molar-refractivity contribution in [2.24, 2.45) is 5.41 Å². The van der Waals surface area contributed by atoms with Crippen LogP contribution in [0.15, 0.2) is 18.3 Å². The maximum Gasteiger partial charge on any atom is 0.254 e. The number of nitrogens with zero attached hydrogens (tertiary/aromatic N) is 3. The lowest BCUT2D eigenvalue weighted by molar-refractivity contribution is 0.0724. The van der Waals surface area contributed by atoms with Crippen LogP contribution in [-0.4, -0.2) is 53.7 Å². The van der Waals surface area contributed by atoms with Crippen molar-refractivity contribution in [1.82, 2.24) is 9.88 Å². The van der Waals surface area contributed by atoms with E-state index in [0.29, 0.717) is 0 Å². The molecule has 2 fully saturated rings. The molecule has 5 heteroatoms. The molecule has 25 heavy (non-hydrogen) atoms. The number of aromatic nitrogens is 1. The number of likely N-dealkylation sites (tertiary alicyclic amines) is 1. The second-order valence-electron chi connectivity index (χ2n) is 7.69. The number of hydrogen-bond donors (Lipinski definition) is 1. The number of carbonyl (C=O) groups is 1. The van der Waals surface area contributed by atoms with Gasteiger partial charge in [-0.05, 0) is 50.7 Å². The molecule has 1 amide bonds. The second-order valence-corrected chi connectivity index (χ2v) is 7.69. The van der Waals surface area contributed by atoms with Gasteiger partial charge in [0.15, 0.2) is 0 Å². The Morgan fingerprint density at radius 3 is 2.76 bits per heavy atom. The smallest absolute Gasteiger partial charge is 0.254 e. The fourth-order valence-electron chi connectivity index (χ4n) is 4.35. The van der Waals surface area contributed by atoms with Crippen LogP contribution in [-0.2, 0) is 0 Å². The first kappa shape index (κ1) is 18.2. The van der Waals surface area contributed by atoms with Crippen LogP contribution in [0.2, 0.25) is 0 Å². The van der Waals surface area contributed by atoms with E-state index in [-0.39, 0.29) is 17.9 Å². The topological polar surface area (TPSA) is 56.7 Å². The van der Waals surface area contributed by atoms with E-state index in [9.17, 15) is 9.90 Å². The van der Waals surface area contributed by atoms with Crippen molar-refractivity contribution < 1.29 is 9.90 Å². The van der Waals surface area contributed by atoms with Gasteiger partial charge in [-0.2, -0.15) is 0 Å². The normalized spacial score (nSPS) is 24.4. The number of hydrogen-bond acceptors (Lipinski definition) is 4. The third-order valence-corrected chi connectivity index (χ3v) is 5.74. The zero-order chi connectivity index (χ0) is 17.7. The van der Waals surface area contributed by atoms with Crippen molar-refractivity contribution in [3.8, 4) is 0 Å².